The lowest BCUT2D eigenvalue weighted by Gasteiger charge is -2.03. The van der Waals surface area contributed by atoms with Gasteiger partial charge in [-0.25, -0.2) is 0 Å². The molecule has 66 valence electrons. The van der Waals surface area contributed by atoms with Crippen molar-refractivity contribution in [1.29, 1.82) is 0 Å². The quantitative estimate of drug-likeness (QED) is 0.542. The fraction of sp³-hybridized carbons (Fsp3) is 0.143. The Hall–Kier alpha value is -0.440. The van der Waals surface area contributed by atoms with Gasteiger partial charge in [0.15, 0.2) is 0 Å². The molecule has 1 aromatic carbocycles. The molecule has 1 unspecified atom stereocenters. The van der Waals surface area contributed by atoms with Crippen molar-refractivity contribution in [2.24, 2.45) is 0 Å². The predicted molar refractivity (Wildman–Crippen MR) is 50.3 cm³/mol. The molecule has 1 rings (SSSR count). The Balaban J connectivity index is 3.47. The smallest absolute Gasteiger partial charge is 0.282 e. The van der Waals surface area contributed by atoms with Crippen LogP contribution >= 0.6 is 9.24 Å². The van der Waals surface area contributed by atoms with Crippen LogP contribution in [0.4, 0.5) is 0 Å². The molecule has 3 nitrogen and oxygen atoms in total. The van der Waals surface area contributed by atoms with E-state index in [0.29, 0.717) is 5.56 Å². The van der Waals surface area contributed by atoms with Crippen molar-refractivity contribution in [2.45, 2.75) is 11.8 Å². The third-order valence-corrected chi connectivity index (χ3v) is 3.23. The third-order valence-electron chi connectivity index (χ3n) is 1.60. The van der Waals surface area contributed by atoms with Crippen LogP contribution in [0.1, 0.15) is 5.56 Å². The summed E-state index contributed by atoms with van der Waals surface area (Å²) in [5.41, 5.74) is 0.560. The molecule has 1 aromatic rings. The minimum atomic E-state index is -4.07. The topological polar surface area (TPSA) is 54.4 Å². The molecule has 0 aromatic heterocycles. The van der Waals surface area contributed by atoms with E-state index in [1.807, 2.05) is 0 Å². The summed E-state index contributed by atoms with van der Waals surface area (Å²) in [6.07, 6.45) is 0. The van der Waals surface area contributed by atoms with Crippen LogP contribution in [-0.4, -0.2) is 13.0 Å². The molecule has 1 atom stereocenters. The van der Waals surface area contributed by atoms with Crippen molar-refractivity contribution < 1.29 is 13.0 Å². The van der Waals surface area contributed by atoms with E-state index in [2.05, 4.69) is 9.24 Å². The van der Waals surface area contributed by atoms with Crippen LogP contribution in [0.25, 0.3) is 0 Å². The predicted octanol–water partition coefficient (Wildman–Crippen LogP) is 0.742. The first-order chi connectivity index (χ1) is 5.43. The highest BCUT2D eigenvalue weighted by atomic mass is 32.2. The fourth-order valence-corrected chi connectivity index (χ4v) is 2.04. The average molecular weight is 204 g/mol. The van der Waals surface area contributed by atoms with Gasteiger partial charge in [-0.3, -0.25) is 4.55 Å². The average Bonchev–Trinajstić information content (AvgIpc) is 1.92. The summed E-state index contributed by atoms with van der Waals surface area (Å²) in [7, 11) is -1.67. The van der Waals surface area contributed by atoms with E-state index in [0.717, 1.165) is 5.30 Å². The van der Waals surface area contributed by atoms with E-state index in [1.54, 1.807) is 19.1 Å². The van der Waals surface area contributed by atoms with Gasteiger partial charge in [0.25, 0.3) is 10.1 Å². The molecule has 0 aliphatic rings. The summed E-state index contributed by atoms with van der Waals surface area (Å²) in [6.45, 7) is 1.64. The van der Waals surface area contributed by atoms with E-state index in [4.69, 9.17) is 4.55 Å². The minimum absolute atomic E-state index is 0.0324. The van der Waals surface area contributed by atoms with E-state index in [1.165, 1.54) is 6.07 Å². The summed E-state index contributed by atoms with van der Waals surface area (Å²) in [6, 6.07) is 4.71. The van der Waals surface area contributed by atoms with Crippen LogP contribution < -0.4 is 5.30 Å². The SMILES string of the molecule is Cc1c(P)cccc1S(=O)(=O)O. The first-order valence-corrected chi connectivity index (χ1v) is 5.27. The summed E-state index contributed by atoms with van der Waals surface area (Å²) in [5.74, 6) is 0. The Morgan fingerprint density at radius 2 is 2.00 bits per heavy atom. The molecule has 0 radical (unpaired) electrons. The first-order valence-electron chi connectivity index (χ1n) is 3.25. The molecule has 0 aliphatic heterocycles. The Labute approximate surface area is 73.8 Å². The van der Waals surface area contributed by atoms with Crippen LogP contribution in [0.15, 0.2) is 23.1 Å². The molecule has 1 N–H and O–H groups in total. The molecule has 12 heavy (non-hydrogen) atoms. The van der Waals surface area contributed by atoms with Crippen molar-refractivity contribution in [3.63, 3.8) is 0 Å². The molecule has 0 fully saturated rings. The Kier molecular flexibility index (Phi) is 2.52. The molecule has 0 spiro atoms. The van der Waals surface area contributed by atoms with Crippen molar-refractivity contribution in [2.75, 3.05) is 0 Å². The lowest BCUT2D eigenvalue weighted by atomic mass is 10.2. The van der Waals surface area contributed by atoms with Crippen molar-refractivity contribution in [3.05, 3.63) is 23.8 Å². The molecule has 0 saturated carbocycles. The Bertz CT molecular complexity index is 397. The normalized spacial score (nSPS) is 11.6. The number of hydrogen-bond acceptors (Lipinski definition) is 2. The number of rotatable bonds is 1. The highest BCUT2D eigenvalue weighted by molar-refractivity contribution is 7.86. The summed E-state index contributed by atoms with van der Waals surface area (Å²) >= 11 is 0. The molecule has 0 bridgehead atoms. The van der Waals surface area contributed by atoms with Gasteiger partial charge in [-0.15, -0.1) is 9.24 Å². The first kappa shape index (κ1) is 9.65. The van der Waals surface area contributed by atoms with E-state index in [-0.39, 0.29) is 4.90 Å². The lowest BCUT2D eigenvalue weighted by Crippen LogP contribution is -2.07. The standard InChI is InChI=1S/C7H9O3PS/c1-5-6(11)3-2-4-7(5)12(8,9)10/h2-4H,11H2,1H3,(H,8,9,10). The molecular formula is C7H9O3PS. The minimum Gasteiger partial charge on any atom is -0.282 e. The van der Waals surface area contributed by atoms with Gasteiger partial charge in [-0.05, 0) is 23.9 Å². The zero-order valence-corrected chi connectivity index (χ0v) is 8.45. The zero-order chi connectivity index (χ0) is 9.35. The Morgan fingerprint density at radius 1 is 1.42 bits per heavy atom. The van der Waals surface area contributed by atoms with Gasteiger partial charge < -0.3 is 0 Å². The fourth-order valence-electron chi connectivity index (χ4n) is 0.911. The monoisotopic (exact) mass is 204 g/mol. The largest absolute Gasteiger partial charge is 0.294 e. The second-order valence-corrected chi connectivity index (χ2v) is 4.46. The van der Waals surface area contributed by atoms with Crippen LogP contribution in [0.2, 0.25) is 0 Å². The maximum Gasteiger partial charge on any atom is 0.294 e. The van der Waals surface area contributed by atoms with Crippen LogP contribution in [0, 0.1) is 6.92 Å². The van der Waals surface area contributed by atoms with Crippen LogP contribution in [-0.2, 0) is 10.1 Å². The molecule has 0 heterocycles. The maximum atomic E-state index is 10.8. The van der Waals surface area contributed by atoms with Crippen LogP contribution in [0.5, 0.6) is 0 Å². The zero-order valence-electron chi connectivity index (χ0n) is 6.48. The van der Waals surface area contributed by atoms with Gasteiger partial charge in [0.05, 0.1) is 4.90 Å². The second-order valence-electron chi connectivity index (χ2n) is 2.45. The lowest BCUT2D eigenvalue weighted by molar-refractivity contribution is 0.482. The van der Waals surface area contributed by atoms with Gasteiger partial charge in [0.1, 0.15) is 0 Å². The Morgan fingerprint density at radius 3 is 2.42 bits per heavy atom. The summed E-state index contributed by atoms with van der Waals surface area (Å²) < 4.78 is 30.3. The molecule has 5 heteroatoms. The molecule has 0 aliphatic carbocycles. The molecule has 0 saturated heterocycles. The number of benzene rings is 1. The van der Waals surface area contributed by atoms with Crippen LogP contribution in [0.3, 0.4) is 0 Å². The molecular weight excluding hydrogens is 195 g/mol. The highest BCUT2D eigenvalue weighted by Crippen LogP contribution is 2.13. The second kappa shape index (κ2) is 3.13. The summed E-state index contributed by atoms with van der Waals surface area (Å²) in [5, 5.41) is 0.769. The van der Waals surface area contributed by atoms with Gasteiger partial charge in [0.2, 0.25) is 0 Å². The van der Waals surface area contributed by atoms with Crippen molar-refractivity contribution in [1.82, 2.24) is 0 Å². The van der Waals surface area contributed by atoms with E-state index >= 15 is 0 Å². The van der Waals surface area contributed by atoms with Gasteiger partial charge >= 0.3 is 0 Å². The summed E-state index contributed by atoms with van der Waals surface area (Å²) in [4.78, 5) is -0.0324. The maximum absolute atomic E-state index is 10.8. The van der Waals surface area contributed by atoms with E-state index in [9.17, 15) is 8.42 Å². The number of hydrogen-bond donors (Lipinski definition) is 1. The van der Waals surface area contributed by atoms with Crippen molar-refractivity contribution in [3.8, 4) is 0 Å². The van der Waals surface area contributed by atoms with Gasteiger partial charge in [0, 0.05) is 0 Å². The van der Waals surface area contributed by atoms with Crippen molar-refractivity contribution >= 4 is 24.7 Å². The van der Waals surface area contributed by atoms with E-state index < -0.39 is 10.1 Å². The molecule has 0 amide bonds. The third kappa shape index (κ3) is 1.83. The van der Waals surface area contributed by atoms with Gasteiger partial charge in [-0.2, -0.15) is 8.42 Å². The van der Waals surface area contributed by atoms with Gasteiger partial charge in [-0.1, -0.05) is 12.1 Å². The highest BCUT2D eigenvalue weighted by Gasteiger charge is 2.12.